The lowest BCUT2D eigenvalue weighted by Gasteiger charge is -2.16. The Morgan fingerprint density at radius 3 is 0.966 bits per heavy atom. The fourth-order valence-corrected chi connectivity index (χ4v) is 10.7. The summed E-state index contributed by atoms with van der Waals surface area (Å²) in [6.45, 7) is 26.6. The third-order valence-electron chi connectivity index (χ3n) is 19.6. The lowest BCUT2D eigenvalue weighted by Crippen LogP contribution is -2.38. The van der Waals surface area contributed by atoms with Crippen LogP contribution in [0, 0.1) is 5.92 Å². The number of nitrogens with two attached hydrogens (primary N) is 8. The van der Waals surface area contributed by atoms with Crippen LogP contribution in [0.4, 0.5) is 0 Å². The van der Waals surface area contributed by atoms with Crippen molar-refractivity contribution in [3.8, 4) is 46.0 Å². The molecule has 39 nitrogen and oxygen atoms in total. The van der Waals surface area contributed by atoms with Gasteiger partial charge in [0.2, 0.25) is 0 Å². The molecule has 0 amide bonds. The topological polar surface area (TPSA) is 610 Å². The van der Waals surface area contributed by atoms with E-state index in [0.29, 0.717) is 88.5 Å². The molecule has 0 bridgehead atoms. The van der Waals surface area contributed by atoms with Crippen molar-refractivity contribution in [1.29, 1.82) is 0 Å². The Hall–Kier alpha value is -12.0. The number of carbonyl (C=O) groups is 12. The van der Waals surface area contributed by atoms with Gasteiger partial charge in [0.1, 0.15) is 42.9 Å². The average Bonchev–Trinajstić information content (AvgIpc) is 0.868. The van der Waals surface area contributed by atoms with Gasteiger partial charge in [-0.2, -0.15) is 0 Å². The minimum absolute atomic E-state index is 0.187. The largest absolute Gasteiger partial charge is 0.493 e. The van der Waals surface area contributed by atoms with Crippen LogP contribution in [0.15, 0.2) is 115 Å². The molecule has 0 radical (unpaired) electrons. The van der Waals surface area contributed by atoms with Crippen LogP contribution in [0.5, 0.6) is 46.0 Å². The van der Waals surface area contributed by atoms with Crippen LogP contribution in [0.1, 0.15) is 262 Å². The van der Waals surface area contributed by atoms with Gasteiger partial charge in [0.05, 0.1) is 119 Å². The molecule has 0 heterocycles. The van der Waals surface area contributed by atoms with Gasteiger partial charge in [0.15, 0.2) is 46.0 Å². The molecule has 39 heteroatoms. The van der Waals surface area contributed by atoms with E-state index < -0.39 is 103 Å². The van der Waals surface area contributed by atoms with Gasteiger partial charge in [-0.05, 0) is 167 Å². The normalized spacial score (nSPS) is 11.8. The summed E-state index contributed by atoms with van der Waals surface area (Å²) in [5, 5.41) is 16.9. The van der Waals surface area contributed by atoms with Gasteiger partial charge in [-0.3, -0.25) is 28.8 Å². The van der Waals surface area contributed by atoms with E-state index in [0.717, 1.165) is 158 Å². The van der Waals surface area contributed by atoms with Gasteiger partial charge >= 0.3 is 71.6 Å². The second-order valence-corrected chi connectivity index (χ2v) is 32.3. The Kier molecular flexibility index (Phi) is 84.7. The van der Waals surface area contributed by atoms with E-state index in [-0.39, 0.29) is 78.7 Å². The molecular weight excluding hydrogens is 1880 g/mol. The fourth-order valence-electron chi connectivity index (χ4n) is 10.7. The quantitative estimate of drug-likeness (QED) is 0.00568. The first-order chi connectivity index (χ1) is 69.5. The molecule has 0 aromatic heterocycles. The number of hydrogen-bond donors (Lipinski definition) is 10. The van der Waals surface area contributed by atoms with Gasteiger partial charge in [-0.15, -0.1) is 0 Å². The third kappa shape index (κ3) is 68.8. The predicted octanol–water partition coefficient (Wildman–Crippen LogP) is 12.5. The van der Waals surface area contributed by atoms with Crippen molar-refractivity contribution >= 4 is 83.8 Å². The molecular formula is C106H168N8O31. The number of aliphatic hydroxyl groups excluding tert-OH is 2. The molecule has 145 heavy (non-hydrogen) atoms. The van der Waals surface area contributed by atoms with Crippen LogP contribution in [-0.2, 0) is 97.0 Å². The molecule has 0 fully saturated rings. The smallest absolute Gasteiger partial charge is 0.338 e. The molecule has 5 aromatic rings. The number of carbonyl (C=O) groups excluding carboxylic acids is 12. The van der Waals surface area contributed by atoms with Crippen molar-refractivity contribution in [3.63, 3.8) is 0 Å². The number of hydrogen-bond acceptors (Lipinski definition) is 39. The molecule has 0 spiro atoms. The summed E-state index contributed by atoms with van der Waals surface area (Å²) in [4.78, 5) is 137. The molecule has 6 unspecified atom stereocenters. The van der Waals surface area contributed by atoms with Crippen molar-refractivity contribution in [1.82, 2.24) is 0 Å². The SMILES string of the molecule is CCCCCOC(=O)/C=C/c1ccc(OC(=O)C(C)N)c(OC)c1.CCCCCOC(=O)/C=C/c1ccc(OC(=O)CN)c(OC)c1.CCCCCOC(=O)C(N)C(C)CC.CCCCCOC(=O)[C@@H](N)Cc1ccccc1.CCCCCOC(=O)c1ccc(OC(=O)C(C)N)c(OC)c1.CCCCCOC(=O)c1ccc(OC(=O)CN)c(OC)c1.CCCCOC(=O)C(N)CO.CCCOCCOC(=O)C(N)CO. The van der Waals surface area contributed by atoms with E-state index in [9.17, 15) is 57.5 Å². The van der Waals surface area contributed by atoms with Crippen molar-refractivity contribution in [2.45, 2.75) is 267 Å². The van der Waals surface area contributed by atoms with Crippen LogP contribution in [0.25, 0.3) is 12.2 Å². The van der Waals surface area contributed by atoms with Crippen LogP contribution in [0.3, 0.4) is 0 Å². The van der Waals surface area contributed by atoms with Gasteiger partial charge in [0, 0.05) is 18.8 Å². The Morgan fingerprint density at radius 2 is 0.634 bits per heavy atom. The highest BCUT2D eigenvalue weighted by molar-refractivity contribution is 5.92. The second-order valence-electron chi connectivity index (χ2n) is 32.3. The van der Waals surface area contributed by atoms with E-state index in [1.165, 1.54) is 90.8 Å². The highest BCUT2D eigenvalue weighted by atomic mass is 16.6. The van der Waals surface area contributed by atoms with E-state index in [1.54, 1.807) is 48.6 Å². The summed E-state index contributed by atoms with van der Waals surface area (Å²) in [6, 6.07) is 24.3. The molecule has 0 saturated carbocycles. The maximum atomic E-state index is 11.9. The van der Waals surface area contributed by atoms with Crippen molar-refractivity contribution < 1.29 is 148 Å². The number of esters is 12. The van der Waals surface area contributed by atoms with Gasteiger partial charge in [-0.25, -0.2) is 28.8 Å². The summed E-state index contributed by atoms with van der Waals surface area (Å²) < 4.78 is 86.0. The maximum Gasteiger partial charge on any atom is 0.338 e. The molecule has 818 valence electrons. The highest BCUT2D eigenvalue weighted by Gasteiger charge is 2.24. The Bertz CT molecular complexity index is 4440. The van der Waals surface area contributed by atoms with Crippen LogP contribution < -0.4 is 83.8 Å². The van der Waals surface area contributed by atoms with E-state index in [4.69, 9.17) is 137 Å². The van der Waals surface area contributed by atoms with Crippen LogP contribution in [0.2, 0.25) is 0 Å². The lowest BCUT2D eigenvalue weighted by molar-refractivity contribution is -0.148. The zero-order valence-electron chi connectivity index (χ0n) is 88.2. The summed E-state index contributed by atoms with van der Waals surface area (Å²) in [5.74, 6) is -3.07. The molecule has 0 aliphatic heterocycles. The first-order valence-electron chi connectivity index (χ1n) is 49.5. The lowest BCUT2D eigenvalue weighted by atomic mass is 10.0. The van der Waals surface area contributed by atoms with Crippen molar-refractivity contribution in [2.75, 3.05) is 121 Å². The number of methoxy groups -OCH3 is 4. The van der Waals surface area contributed by atoms with Crippen LogP contribution >= 0.6 is 0 Å². The highest BCUT2D eigenvalue weighted by Crippen LogP contribution is 2.33. The maximum absolute atomic E-state index is 11.9. The fraction of sp³-hybridized carbons (Fsp3) is 0.566. The molecule has 18 N–H and O–H groups in total. The van der Waals surface area contributed by atoms with E-state index in [2.05, 4.69) is 41.5 Å². The minimum atomic E-state index is -0.939. The Morgan fingerprint density at radius 1 is 0.317 bits per heavy atom. The summed E-state index contributed by atoms with van der Waals surface area (Å²) in [7, 11) is 5.78. The minimum Gasteiger partial charge on any atom is -0.493 e. The second kappa shape index (κ2) is 89.6. The summed E-state index contributed by atoms with van der Waals surface area (Å²) in [6.07, 6.45) is 28.2. The molecule has 5 aromatic carbocycles. The molecule has 0 aliphatic carbocycles. The molecule has 0 saturated heterocycles. The van der Waals surface area contributed by atoms with E-state index >= 15 is 0 Å². The number of rotatable bonds is 60. The Labute approximate surface area is 856 Å². The summed E-state index contributed by atoms with van der Waals surface area (Å²) >= 11 is 0. The zero-order valence-corrected chi connectivity index (χ0v) is 88.2. The average molecular weight is 2050 g/mol. The number of unbranched alkanes of at least 4 members (excludes halogenated alkanes) is 13. The van der Waals surface area contributed by atoms with Gasteiger partial charge < -0.3 is 137 Å². The first kappa shape index (κ1) is 137. The number of benzene rings is 5. The number of aliphatic hydroxyl groups is 2. The zero-order chi connectivity index (χ0) is 110. The molecule has 0 aliphatic rings. The van der Waals surface area contributed by atoms with Crippen LogP contribution in [-0.4, -0.2) is 239 Å². The van der Waals surface area contributed by atoms with Gasteiger partial charge in [-0.1, -0.05) is 202 Å². The van der Waals surface area contributed by atoms with E-state index in [1.807, 2.05) is 58.0 Å². The van der Waals surface area contributed by atoms with Crippen molar-refractivity contribution in [3.05, 3.63) is 143 Å². The first-order valence-corrected chi connectivity index (χ1v) is 49.5. The molecule has 7 atom stereocenters. The monoisotopic (exact) mass is 2050 g/mol. The Balaban J connectivity index is -0.00000161. The molecule has 5 rings (SSSR count). The van der Waals surface area contributed by atoms with Gasteiger partial charge in [0.25, 0.3) is 0 Å². The van der Waals surface area contributed by atoms with Crippen molar-refractivity contribution in [2.24, 2.45) is 51.8 Å². The predicted molar refractivity (Wildman–Crippen MR) is 553 cm³/mol. The summed E-state index contributed by atoms with van der Waals surface area (Å²) in [5.41, 5.74) is 46.3. The standard InChI is InChI=1S/C18H25NO5.C17H23NO5.C16H23NO5.C15H21NO5.C14H21NO2.C11H23NO2.C8H17NO4.C7H15NO3/c1-4-5-6-11-23-17(20)10-8-14-7-9-15(16(12-14)22-3)24-18(21)13(2)19;1-3-4-5-10-22-16(19)9-7-13-6-8-14(15(11-13)21-2)23-17(20)12-18;1-4-5-6-9-21-16(19)12-7-8-13(14(10-12)20-3)22-15(18)11(2)17;1-3-4-5-8-20-15(18)11-6-7-12(13(9-11)19-2)21-14(17)10-16;1-2-3-7-10-17-14(16)13(15)11-12-8-5-4-6-9-12;1-4-6-7-8-14-11(13)10(12)9(3)5-2;1-2-3-12-4-5-13-8(11)7(9)6-10;1-2-3-4-11-7(10)6(8)5-9/h7-10,12-13H,4-6,11,19H2,1-3H3;6-9,11H,3-5,10,12,18H2,1-2H3;7-8,10-11H,4-6,9,17H2,1-3H3;6-7,9H,3-5,8,10,16H2,1-2H3;4-6,8-9,13H,2-3,7,10-11,15H2,1H3;9-10H,4-8,12H2,1-3H3;7,10H,2-6,9H2,1H3;6,9H,2-5,8H2,1H3/b10-8+;9-7+;;;;;;/t;;;;13-;;;/m....0.../s1. The third-order valence-corrected chi connectivity index (χ3v) is 19.6. The number of ether oxygens (including phenoxy) is 17.